The molecule has 0 radical (unpaired) electrons. The molecule has 0 rings (SSSR count). The lowest BCUT2D eigenvalue weighted by atomic mass is 11.8. The van der Waals surface area contributed by atoms with Gasteiger partial charge in [-0.2, -0.15) is 0 Å². The first-order chi connectivity index (χ1) is 9.36. The summed E-state index contributed by atoms with van der Waals surface area (Å²) in [6, 6.07) is 0. The second-order valence-electron chi connectivity index (χ2n) is 2.78. The van der Waals surface area contributed by atoms with Crippen molar-refractivity contribution in [3.8, 4) is 0 Å². The van der Waals surface area contributed by atoms with Crippen LogP contribution >= 0.6 is 0 Å². The Bertz CT molecular complexity index is 226. The van der Waals surface area contributed by atoms with Crippen molar-refractivity contribution in [3.63, 3.8) is 0 Å². The Hall–Kier alpha value is 0.411. The fraction of sp³-hybridized carbons (Fsp3) is 1.00. The van der Waals surface area contributed by atoms with Gasteiger partial charge in [-0.1, -0.05) is 14.0 Å². The molecule has 0 aliphatic rings. The summed E-state index contributed by atoms with van der Waals surface area (Å²) in [5, 5.41) is 0. The number of rotatable bonds is 6. The van der Waals surface area contributed by atoms with Gasteiger partial charge in [0, 0.05) is 51.7 Å². The molecular weight excluding hydrogens is 300 g/mol. The largest absolute Gasteiger partial charge is 0.496 e. The lowest BCUT2D eigenvalue weighted by Gasteiger charge is -2.18. The van der Waals surface area contributed by atoms with Crippen LogP contribution in [0.3, 0.4) is 0 Å². The minimum atomic E-state index is -2.63. The van der Waals surface area contributed by atoms with Crippen molar-refractivity contribution in [1.82, 2.24) is 0 Å². The van der Waals surface area contributed by atoms with E-state index < -0.39 is 27.6 Å². The van der Waals surface area contributed by atoms with E-state index in [0.29, 0.717) is 0 Å². The fourth-order valence-electron chi connectivity index (χ4n) is 0.333. The highest BCUT2D eigenvalue weighted by atomic mass is 28.4. The zero-order valence-electron chi connectivity index (χ0n) is 15.9. The average molecular weight is 338 g/mol. The van der Waals surface area contributed by atoms with Crippen molar-refractivity contribution in [1.29, 1.82) is 3.70 Å². The van der Waals surface area contributed by atoms with Gasteiger partial charge in [-0.05, 0) is 6.55 Å². The Morgan fingerprint density at radius 1 is 1.00 bits per heavy atom. The van der Waals surface area contributed by atoms with E-state index in [-0.39, 0.29) is 7.43 Å². The monoisotopic (exact) mass is 337 g/mol. The second kappa shape index (κ2) is 20.7. The van der Waals surface area contributed by atoms with Crippen molar-refractivity contribution in [2.24, 2.45) is 0 Å². The van der Waals surface area contributed by atoms with Gasteiger partial charge in [0.05, 0.1) is 1.23 Å². The molecule has 0 amide bonds. The summed E-state index contributed by atoms with van der Waals surface area (Å²) in [6.07, 6.45) is 0. The SMILES string of the molecule is C.CO[Si](C)(OC)OC.[2H][Si](C)(OC)OC.[2H][Si]([2H])(C)OC. The van der Waals surface area contributed by atoms with Gasteiger partial charge in [-0.15, -0.1) is 0 Å². The van der Waals surface area contributed by atoms with E-state index in [1.807, 2.05) is 6.55 Å². The Labute approximate surface area is 128 Å². The van der Waals surface area contributed by atoms with Crippen LogP contribution in [0.4, 0.5) is 0 Å². The Morgan fingerprint density at radius 3 is 1.26 bits per heavy atom. The molecule has 0 aromatic carbocycles. The maximum absolute atomic E-state index is 7.12. The van der Waals surface area contributed by atoms with Crippen LogP contribution in [0.15, 0.2) is 0 Å². The van der Waals surface area contributed by atoms with E-state index >= 15 is 0 Å². The first-order valence-corrected chi connectivity index (χ1v) is 10.6. The standard InChI is InChI=1S/C4H12O3Si.C3H10O2Si.C2H8OSi.CH4/c1-5-8(4,6-2)7-3;1-4-6(3)5-2;1-3-4-2;/h1-4H3;6H,1-3H3;4H2,1-2H3;1H4/i;6D;4D2;. The van der Waals surface area contributed by atoms with E-state index in [4.69, 9.17) is 17.0 Å². The van der Waals surface area contributed by atoms with Crippen LogP contribution in [0.1, 0.15) is 7.43 Å². The summed E-state index contributed by atoms with van der Waals surface area (Å²) in [5.41, 5.74) is 0. The van der Waals surface area contributed by atoms with Crippen LogP contribution in [-0.2, 0) is 26.6 Å². The molecular formula is C10H34O6Si3. The molecule has 122 valence electrons. The summed E-state index contributed by atoms with van der Waals surface area (Å²) >= 11 is 0. The molecule has 0 bridgehead atoms. The normalized spacial score (nSPS) is 13.4. The van der Waals surface area contributed by atoms with Crippen LogP contribution in [0, 0.1) is 0 Å². The molecule has 0 aromatic rings. The molecule has 0 atom stereocenters. The molecule has 6 nitrogen and oxygen atoms in total. The minimum absolute atomic E-state index is 0. The van der Waals surface area contributed by atoms with E-state index in [2.05, 4.69) is 13.3 Å². The van der Waals surface area contributed by atoms with Crippen molar-refractivity contribution in [2.75, 3.05) is 42.7 Å². The molecule has 19 heavy (non-hydrogen) atoms. The molecule has 0 fully saturated rings. The van der Waals surface area contributed by atoms with Crippen LogP contribution in [0.5, 0.6) is 0 Å². The first-order valence-electron chi connectivity index (χ1n) is 6.67. The van der Waals surface area contributed by atoms with Gasteiger partial charge in [-0.3, -0.25) is 0 Å². The molecule has 0 aromatic heterocycles. The molecule has 0 N–H and O–H groups in total. The fourth-order valence-corrected chi connectivity index (χ4v) is 1.00. The lowest BCUT2D eigenvalue weighted by molar-refractivity contribution is 0.132. The van der Waals surface area contributed by atoms with Crippen molar-refractivity contribution in [2.45, 2.75) is 27.1 Å². The summed E-state index contributed by atoms with van der Waals surface area (Å²) < 4.78 is 49.2. The van der Waals surface area contributed by atoms with Gasteiger partial charge >= 0.3 is 18.0 Å². The molecule has 0 unspecified atom stereocenters. The summed E-state index contributed by atoms with van der Waals surface area (Å²) in [7, 11) is 1.92. The van der Waals surface area contributed by atoms with Gasteiger partial charge in [-0.25, -0.2) is 0 Å². The third-order valence-electron chi connectivity index (χ3n) is 1.89. The molecule has 9 heteroatoms. The predicted octanol–water partition coefficient (Wildman–Crippen LogP) is 1.02. The molecule has 0 aliphatic carbocycles. The van der Waals surface area contributed by atoms with Crippen LogP contribution < -0.4 is 0 Å². The number of hydrogen-bond acceptors (Lipinski definition) is 6. The van der Waals surface area contributed by atoms with Gasteiger partial charge in [0.1, 0.15) is 0 Å². The van der Waals surface area contributed by atoms with Gasteiger partial charge < -0.3 is 26.6 Å². The van der Waals surface area contributed by atoms with E-state index in [0.717, 1.165) is 0 Å². The molecule has 0 heterocycles. The highest BCUT2D eigenvalue weighted by molar-refractivity contribution is 6.58. The Balaban J connectivity index is -0.000000109. The van der Waals surface area contributed by atoms with Crippen molar-refractivity contribution >= 4 is 27.6 Å². The van der Waals surface area contributed by atoms with E-state index in [1.54, 1.807) is 27.9 Å². The third kappa shape index (κ3) is 23.9. The highest BCUT2D eigenvalue weighted by Crippen LogP contribution is 2.02. The molecule has 0 saturated carbocycles. The zero-order valence-corrected chi connectivity index (χ0v) is 15.9. The average Bonchev–Trinajstić information content (AvgIpc) is 2.47. The van der Waals surface area contributed by atoms with Crippen molar-refractivity contribution in [3.05, 3.63) is 0 Å². The van der Waals surface area contributed by atoms with Crippen LogP contribution in [0.2, 0.25) is 19.6 Å². The topological polar surface area (TPSA) is 55.4 Å². The smallest absolute Gasteiger partial charge is 0.427 e. The van der Waals surface area contributed by atoms with E-state index in [1.165, 1.54) is 27.9 Å². The summed E-state index contributed by atoms with van der Waals surface area (Å²) in [4.78, 5) is 0. The van der Waals surface area contributed by atoms with Gasteiger partial charge in [0.2, 0.25) is 0 Å². The number of hydrogen-bond donors (Lipinski definition) is 0. The molecule has 0 saturated heterocycles. The summed E-state index contributed by atoms with van der Waals surface area (Å²) in [5.74, 6) is 0. The van der Waals surface area contributed by atoms with Crippen molar-refractivity contribution < 1.29 is 26.6 Å². The Kier molecular flexibility index (Phi) is 21.2. The van der Waals surface area contributed by atoms with Gasteiger partial charge in [0.25, 0.3) is 0 Å². The third-order valence-corrected chi connectivity index (χ3v) is 5.67. The second-order valence-corrected chi connectivity index (χ2v) is 8.35. The van der Waals surface area contributed by atoms with E-state index in [9.17, 15) is 0 Å². The van der Waals surface area contributed by atoms with Crippen LogP contribution in [0.25, 0.3) is 0 Å². The molecule has 0 spiro atoms. The summed E-state index contributed by atoms with van der Waals surface area (Å²) in [6.45, 7) is 4.98. The maximum Gasteiger partial charge on any atom is 0.496 e. The highest BCUT2D eigenvalue weighted by Gasteiger charge is 2.29. The first kappa shape index (κ1) is 19.4. The maximum atomic E-state index is 7.12. The van der Waals surface area contributed by atoms with Gasteiger partial charge in [0.15, 0.2) is 9.63 Å². The Morgan fingerprint density at radius 2 is 1.26 bits per heavy atom. The lowest BCUT2D eigenvalue weighted by Crippen LogP contribution is -2.38. The predicted molar refractivity (Wildman–Crippen MR) is 87.8 cm³/mol. The minimum Gasteiger partial charge on any atom is -0.427 e. The zero-order chi connectivity index (χ0) is 17.7. The van der Waals surface area contributed by atoms with Crippen LogP contribution in [-0.4, -0.2) is 74.0 Å². The quantitative estimate of drug-likeness (QED) is 0.675. The molecule has 0 aliphatic heterocycles.